The summed E-state index contributed by atoms with van der Waals surface area (Å²) in [6.45, 7) is 4.96. The van der Waals surface area contributed by atoms with Crippen LogP contribution >= 0.6 is 0 Å². The number of aromatic nitrogens is 2. The molecule has 0 fully saturated rings. The van der Waals surface area contributed by atoms with Gasteiger partial charge in [0.2, 0.25) is 5.95 Å². The molecule has 0 aliphatic heterocycles. The van der Waals surface area contributed by atoms with Gasteiger partial charge in [-0.25, -0.2) is 4.98 Å². The molecule has 0 spiro atoms. The molecular formula is C13H19N3O. The fourth-order valence-electron chi connectivity index (χ4n) is 2.09. The van der Waals surface area contributed by atoms with Gasteiger partial charge in [-0.3, -0.25) is 0 Å². The molecule has 0 unspecified atom stereocenters. The standard InChI is InChI=1S/C13H19N3O/c1-10(2)16(8-9-17)13-14-11-6-4-5-7-12(11)15(13)3/h4-7,10,17H,8-9H2,1-3H3. The molecule has 0 bridgehead atoms. The fourth-order valence-corrected chi connectivity index (χ4v) is 2.09. The fraction of sp³-hybridized carbons (Fsp3) is 0.462. The Morgan fingerprint density at radius 1 is 1.35 bits per heavy atom. The third-order valence-electron chi connectivity index (χ3n) is 2.98. The van der Waals surface area contributed by atoms with Crippen LogP contribution < -0.4 is 4.90 Å². The van der Waals surface area contributed by atoms with Gasteiger partial charge in [-0.2, -0.15) is 0 Å². The largest absolute Gasteiger partial charge is 0.395 e. The van der Waals surface area contributed by atoms with Crippen molar-refractivity contribution in [1.82, 2.24) is 9.55 Å². The van der Waals surface area contributed by atoms with E-state index in [1.807, 2.05) is 25.2 Å². The van der Waals surface area contributed by atoms with Crippen molar-refractivity contribution < 1.29 is 5.11 Å². The van der Waals surface area contributed by atoms with E-state index >= 15 is 0 Å². The van der Waals surface area contributed by atoms with Crippen LogP contribution in [0.4, 0.5) is 5.95 Å². The molecule has 1 N–H and O–H groups in total. The van der Waals surface area contributed by atoms with Crippen LogP contribution in [0.5, 0.6) is 0 Å². The number of anilines is 1. The maximum absolute atomic E-state index is 9.13. The molecule has 1 aromatic carbocycles. The predicted octanol–water partition coefficient (Wildman–Crippen LogP) is 1.78. The molecule has 0 radical (unpaired) electrons. The number of fused-ring (bicyclic) bond motifs is 1. The Kier molecular flexibility index (Phi) is 3.33. The first-order valence-corrected chi connectivity index (χ1v) is 5.94. The number of aryl methyl sites for hydroxylation is 1. The van der Waals surface area contributed by atoms with E-state index in [1.54, 1.807) is 0 Å². The summed E-state index contributed by atoms with van der Waals surface area (Å²) in [5, 5.41) is 9.13. The molecule has 92 valence electrons. The maximum Gasteiger partial charge on any atom is 0.206 e. The Balaban J connectivity index is 2.49. The van der Waals surface area contributed by atoms with Crippen LogP contribution in [0.2, 0.25) is 0 Å². The maximum atomic E-state index is 9.13. The second-order valence-corrected chi connectivity index (χ2v) is 4.47. The molecule has 4 heteroatoms. The SMILES string of the molecule is CC(C)N(CCO)c1nc2ccccc2n1C. The highest BCUT2D eigenvalue weighted by molar-refractivity contribution is 5.78. The second-order valence-electron chi connectivity index (χ2n) is 4.47. The van der Waals surface area contributed by atoms with E-state index in [1.165, 1.54) is 0 Å². The number of rotatable bonds is 4. The van der Waals surface area contributed by atoms with Crippen LogP contribution in [0.25, 0.3) is 11.0 Å². The van der Waals surface area contributed by atoms with Crippen LogP contribution in [-0.4, -0.2) is 33.9 Å². The Bertz CT molecular complexity index is 504. The second kappa shape index (κ2) is 4.75. The lowest BCUT2D eigenvalue weighted by atomic mass is 10.3. The van der Waals surface area contributed by atoms with Crippen molar-refractivity contribution in [3.8, 4) is 0 Å². The molecule has 0 saturated carbocycles. The zero-order valence-corrected chi connectivity index (χ0v) is 10.6. The minimum absolute atomic E-state index is 0.140. The zero-order valence-electron chi connectivity index (χ0n) is 10.6. The molecule has 2 rings (SSSR count). The van der Waals surface area contributed by atoms with E-state index in [0.29, 0.717) is 12.6 Å². The highest BCUT2D eigenvalue weighted by atomic mass is 16.3. The number of para-hydroxylation sites is 2. The van der Waals surface area contributed by atoms with Crippen LogP contribution in [0.3, 0.4) is 0 Å². The Morgan fingerprint density at radius 3 is 2.65 bits per heavy atom. The highest BCUT2D eigenvalue weighted by Gasteiger charge is 2.16. The summed E-state index contributed by atoms with van der Waals surface area (Å²) in [6.07, 6.45) is 0. The minimum atomic E-state index is 0.140. The predicted molar refractivity (Wildman–Crippen MR) is 70.3 cm³/mol. The van der Waals surface area contributed by atoms with Gasteiger partial charge >= 0.3 is 0 Å². The summed E-state index contributed by atoms with van der Waals surface area (Å²) in [5.41, 5.74) is 2.11. The van der Waals surface area contributed by atoms with Gasteiger partial charge in [0, 0.05) is 19.6 Å². The highest BCUT2D eigenvalue weighted by Crippen LogP contribution is 2.22. The lowest BCUT2D eigenvalue weighted by Gasteiger charge is -2.26. The van der Waals surface area contributed by atoms with Gasteiger partial charge in [0.15, 0.2) is 0 Å². The van der Waals surface area contributed by atoms with E-state index in [9.17, 15) is 0 Å². The number of nitrogens with zero attached hydrogens (tertiary/aromatic N) is 3. The molecule has 1 aromatic heterocycles. The molecule has 0 aliphatic carbocycles. The Morgan fingerprint density at radius 2 is 2.06 bits per heavy atom. The van der Waals surface area contributed by atoms with Crippen molar-refractivity contribution in [1.29, 1.82) is 0 Å². The summed E-state index contributed by atoms with van der Waals surface area (Å²) in [5.74, 6) is 0.912. The number of aliphatic hydroxyl groups is 1. The molecular weight excluding hydrogens is 214 g/mol. The molecule has 0 saturated heterocycles. The zero-order chi connectivity index (χ0) is 12.4. The lowest BCUT2D eigenvalue weighted by Crippen LogP contribution is -2.35. The molecule has 0 amide bonds. The topological polar surface area (TPSA) is 41.3 Å². The average molecular weight is 233 g/mol. The first-order valence-electron chi connectivity index (χ1n) is 5.94. The quantitative estimate of drug-likeness (QED) is 0.875. The third kappa shape index (κ3) is 2.13. The van der Waals surface area contributed by atoms with Crippen LogP contribution in [0, 0.1) is 0 Å². The van der Waals surface area contributed by atoms with Crippen LogP contribution in [-0.2, 0) is 7.05 Å². The number of hydrogen-bond donors (Lipinski definition) is 1. The van der Waals surface area contributed by atoms with Crippen molar-refractivity contribution in [2.24, 2.45) is 7.05 Å². The normalized spacial score (nSPS) is 11.4. The molecule has 2 aromatic rings. The molecule has 0 aliphatic rings. The summed E-state index contributed by atoms with van der Waals surface area (Å²) >= 11 is 0. The van der Waals surface area contributed by atoms with E-state index < -0.39 is 0 Å². The Labute approximate surface area is 101 Å². The van der Waals surface area contributed by atoms with Crippen LogP contribution in [0.15, 0.2) is 24.3 Å². The molecule has 17 heavy (non-hydrogen) atoms. The van der Waals surface area contributed by atoms with Crippen molar-refractivity contribution in [2.75, 3.05) is 18.1 Å². The van der Waals surface area contributed by atoms with Gasteiger partial charge in [-0.05, 0) is 26.0 Å². The summed E-state index contributed by atoms with van der Waals surface area (Å²) in [6, 6.07) is 8.39. The van der Waals surface area contributed by atoms with E-state index in [2.05, 4.69) is 34.4 Å². The minimum Gasteiger partial charge on any atom is -0.395 e. The average Bonchev–Trinajstić information content (AvgIpc) is 2.64. The van der Waals surface area contributed by atoms with Gasteiger partial charge in [0.05, 0.1) is 17.6 Å². The van der Waals surface area contributed by atoms with Crippen molar-refractivity contribution >= 4 is 17.0 Å². The van der Waals surface area contributed by atoms with Gasteiger partial charge in [0.1, 0.15) is 0 Å². The number of hydrogen-bond acceptors (Lipinski definition) is 3. The first-order chi connectivity index (χ1) is 8.15. The van der Waals surface area contributed by atoms with Crippen molar-refractivity contribution in [2.45, 2.75) is 19.9 Å². The molecule has 4 nitrogen and oxygen atoms in total. The summed E-state index contributed by atoms with van der Waals surface area (Å²) < 4.78 is 2.07. The number of imidazole rings is 1. The summed E-state index contributed by atoms with van der Waals surface area (Å²) in [7, 11) is 2.01. The van der Waals surface area contributed by atoms with Crippen molar-refractivity contribution in [3.05, 3.63) is 24.3 Å². The molecule has 1 heterocycles. The van der Waals surface area contributed by atoms with E-state index in [-0.39, 0.29) is 6.61 Å². The van der Waals surface area contributed by atoms with E-state index in [4.69, 9.17) is 5.11 Å². The third-order valence-corrected chi connectivity index (χ3v) is 2.98. The van der Waals surface area contributed by atoms with Gasteiger partial charge in [-0.15, -0.1) is 0 Å². The number of aliphatic hydroxyl groups excluding tert-OH is 1. The lowest BCUT2D eigenvalue weighted by molar-refractivity contribution is 0.298. The Hall–Kier alpha value is -1.55. The van der Waals surface area contributed by atoms with Gasteiger partial charge in [0.25, 0.3) is 0 Å². The smallest absolute Gasteiger partial charge is 0.206 e. The molecule has 0 atom stereocenters. The van der Waals surface area contributed by atoms with Gasteiger partial charge < -0.3 is 14.6 Å². The van der Waals surface area contributed by atoms with Crippen molar-refractivity contribution in [3.63, 3.8) is 0 Å². The van der Waals surface area contributed by atoms with Gasteiger partial charge in [-0.1, -0.05) is 12.1 Å². The first kappa shape index (κ1) is 11.9. The monoisotopic (exact) mass is 233 g/mol. The van der Waals surface area contributed by atoms with E-state index in [0.717, 1.165) is 17.0 Å². The summed E-state index contributed by atoms with van der Waals surface area (Å²) in [4.78, 5) is 6.74. The van der Waals surface area contributed by atoms with Crippen LogP contribution in [0.1, 0.15) is 13.8 Å². The number of benzene rings is 1.